The molecule has 0 atom stereocenters. The number of nitrogens with zero attached hydrogens (tertiary/aromatic N) is 1. The van der Waals surface area contributed by atoms with Crippen molar-refractivity contribution in [3.8, 4) is 6.07 Å². The summed E-state index contributed by atoms with van der Waals surface area (Å²) in [6.07, 6.45) is 1.90. The van der Waals surface area contributed by atoms with Crippen molar-refractivity contribution in [3.63, 3.8) is 0 Å². The Morgan fingerprint density at radius 2 is 2.17 bits per heavy atom. The molecule has 0 aliphatic rings. The summed E-state index contributed by atoms with van der Waals surface area (Å²) in [7, 11) is 0. The molecule has 0 aliphatic carbocycles. The second-order valence-electron chi connectivity index (χ2n) is 2.41. The summed E-state index contributed by atoms with van der Waals surface area (Å²) in [6.45, 7) is 1.83. The van der Waals surface area contributed by atoms with E-state index in [-0.39, 0.29) is 5.56 Å². The predicted octanol–water partition coefficient (Wildman–Crippen LogP) is 2.73. The Morgan fingerprint density at radius 3 is 2.67 bits per heavy atom. The molecule has 1 nitrogen and oxygen atoms in total. The van der Waals surface area contributed by atoms with Gasteiger partial charge in [0.15, 0.2) is 0 Å². The first kappa shape index (κ1) is 9.08. The van der Waals surface area contributed by atoms with Crippen LogP contribution < -0.4 is 0 Å². The van der Waals surface area contributed by atoms with Crippen molar-refractivity contribution in [1.29, 1.82) is 5.26 Å². The molecule has 3 heteroatoms. The molecule has 0 heterocycles. The van der Waals surface area contributed by atoms with Crippen molar-refractivity contribution in [2.75, 3.05) is 6.26 Å². The summed E-state index contributed by atoms with van der Waals surface area (Å²) in [6, 6.07) is 4.78. The van der Waals surface area contributed by atoms with Gasteiger partial charge >= 0.3 is 0 Å². The maximum Gasteiger partial charge on any atom is 0.141 e. The number of halogens is 1. The lowest BCUT2D eigenvalue weighted by atomic mass is 10.1. The number of hydrogen-bond acceptors (Lipinski definition) is 2. The van der Waals surface area contributed by atoms with Gasteiger partial charge in [-0.05, 0) is 30.9 Å². The molecule has 1 aromatic rings. The summed E-state index contributed by atoms with van der Waals surface area (Å²) in [5.74, 6) is -0.437. The Balaban J connectivity index is 3.30. The third-order valence-electron chi connectivity index (χ3n) is 1.60. The van der Waals surface area contributed by atoms with E-state index in [1.165, 1.54) is 17.8 Å². The van der Waals surface area contributed by atoms with E-state index in [9.17, 15) is 4.39 Å². The molecule has 0 bridgehead atoms. The molecule has 0 aliphatic heterocycles. The smallest absolute Gasteiger partial charge is 0.141 e. The van der Waals surface area contributed by atoms with Gasteiger partial charge in [-0.25, -0.2) is 4.39 Å². The van der Waals surface area contributed by atoms with Crippen LogP contribution >= 0.6 is 11.8 Å². The Labute approximate surface area is 75.2 Å². The van der Waals surface area contributed by atoms with Crippen molar-refractivity contribution in [1.82, 2.24) is 0 Å². The number of hydrogen-bond donors (Lipinski definition) is 0. The average Bonchev–Trinajstić information content (AvgIpc) is 2.05. The van der Waals surface area contributed by atoms with Crippen LogP contribution in [0.15, 0.2) is 17.0 Å². The molecular formula is C9H8FNS. The fraction of sp³-hybridized carbons (Fsp3) is 0.222. The summed E-state index contributed by atoms with van der Waals surface area (Å²) in [5, 5.41) is 8.53. The number of rotatable bonds is 1. The molecule has 0 fully saturated rings. The van der Waals surface area contributed by atoms with Crippen LogP contribution in [0.1, 0.15) is 11.1 Å². The first-order valence-corrected chi connectivity index (χ1v) is 4.65. The van der Waals surface area contributed by atoms with Crippen molar-refractivity contribution in [2.45, 2.75) is 11.8 Å². The van der Waals surface area contributed by atoms with Crippen LogP contribution in [0.25, 0.3) is 0 Å². The minimum Gasteiger partial charge on any atom is -0.206 e. The molecule has 0 unspecified atom stereocenters. The highest BCUT2D eigenvalue weighted by atomic mass is 32.2. The first-order chi connectivity index (χ1) is 5.69. The number of benzene rings is 1. The molecule has 12 heavy (non-hydrogen) atoms. The van der Waals surface area contributed by atoms with E-state index in [0.29, 0.717) is 0 Å². The lowest BCUT2D eigenvalue weighted by molar-refractivity contribution is 0.621. The van der Waals surface area contributed by atoms with E-state index in [4.69, 9.17) is 5.26 Å². The summed E-state index contributed by atoms with van der Waals surface area (Å²) in [5.41, 5.74) is 0.990. The van der Waals surface area contributed by atoms with Gasteiger partial charge in [-0.1, -0.05) is 0 Å². The number of thioether (sulfide) groups is 1. The van der Waals surface area contributed by atoms with Gasteiger partial charge in [-0.2, -0.15) is 5.26 Å². The van der Waals surface area contributed by atoms with Crippen LogP contribution in [-0.2, 0) is 0 Å². The topological polar surface area (TPSA) is 23.8 Å². The Hall–Kier alpha value is -1.01. The second-order valence-corrected chi connectivity index (χ2v) is 3.26. The third kappa shape index (κ3) is 1.59. The zero-order valence-corrected chi connectivity index (χ0v) is 7.70. The molecule has 0 spiro atoms. The molecular weight excluding hydrogens is 173 g/mol. The lowest BCUT2D eigenvalue weighted by Gasteiger charge is -2.02. The number of nitriles is 1. The minimum atomic E-state index is -0.437. The Morgan fingerprint density at radius 1 is 1.50 bits per heavy atom. The first-order valence-electron chi connectivity index (χ1n) is 3.43. The molecule has 1 aromatic carbocycles. The lowest BCUT2D eigenvalue weighted by Crippen LogP contribution is -1.87. The molecule has 0 aromatic heterocycles. The number of aryl methyl sites for hydroxylation is 1. The van der Waals surface area contributed by atoms with Crippen molar-refractivity contribution in [3.05, 3.63) is 29.1 Å². The maximum atomic E-state index is 12.9. The van der Waals surface area contributed by atoms with E-state index < -0.39 is 5.82 Å². The quantitative estimate of drug-likeness (QED) is 0.622. The molecule has 0 saturated heterocycles. The Bertz CT molecular complexity index is 341. The van der Waals surface area contributed by atoms with E-state index in [0.717, 1.165) is 10.5 Å². The van der Waals surface area contributed by atoms with Crippen LogP contribution in [0.5, 0.6) is 0 Å². The highest BCUT2D eigenvalue weighted by Gasteiger charge is 2.05. The van der Waals surface area contributed by atoms with Crippen LogP contribution in [-0.4, -0.2) is 6.26 Å². The van der Waals surface area contributed by atoms with E-state index in [1.807, 2.05) is 19.2 Å². The molecule has 62 valence electrons. The van der Waals surface area contributed by atoms with Crippen LogP contribution in [0.4, 0.5) is 4.39 Å². The van der Waals surface area contributed by atoms with Crippen LogP contribution in [0.2, 0.25) is 0 Å². The van der Waals surface area contributed by atoms with Gasteiger partial charge in [-0.3, -0.25) is 0 Å². The van der Waals surface area contributed by atoms with Gasteiger partial charge in [-0.15, -0.1) is 11.8 Å². The standard InChI is InChI=1S/C9H8FNS/c1-6-3-8(10)7(5-11)4-9(6)12-2/h3-4H,1-2H3. The molecule has 0 N–H and O–H groups in total. The zero-order chi connectivity index (χ0) is 9.14. The SMILES string of the molecule is CSc1cc(C#N)c(F)cc1C. The second kappa shape index (κ2) is 3.59. The summed E-state index contributed by atoms with van der Waals surface area (Å²) in [4.78, 5) is 0.952. The highest BCUT2D eigenvalue weighted by Crippen LogP contribution is 2.22. The summed E-state index contributed by atoms with van der Waals surface area (Å²) >= 11 is 1.52. The van der Waals surface area contributed by atoms with Gasteiger partial charge in [0, 0.05) is 4.90 Å². The van der Waals surface area contributed by atoms with E-state index in [1.54, 1.807) is 6.07 Å². The zero-order valence-electron chi connectivity index (χ0n) is 6.89. The fourth-order valence-corrected chi connectivity index (χ4v) is 1.58. The van der Waals surface area contributed by atoms with Crippen LogP contribution in [0.3, 0.4) is 0 Å². The normalized spacial score (nSPS) is 9.50. The monoisotopic (exact) mass is 181 g/mol. The van der Waals surface area contributed by atoms with Crippen molar-refractivity contribution >= 4 is 11.8 Å². The molecule has 0 amide bonds. The van der Waals surface area contributed by atoms with Gasteiger partial charge in [0.2, 0.25) is 0 Å². The fourth-order valence-electron chi connectivity index (χ4n) is 0.958. The van der Waals surface area contributed by atoms with Gasteiger partial charge < -0.3 is 0 Å². The largest absolute Gasteiger partial charge is 0.206 e. The third-order valence-corrected chi connectivity index (χ3v) is 2.48. The van der Waals surface area contributed by atoms with Gasteiger partial charge in [0.25, 0.3) is 0 Å². The molecule has 0 saturated carbocycles. The van der Waals surface area contributed by atoms with E-state index in [2.05, 4.69) is 0 Å². The molecule has 0 radical (unpaired) electrons. The van der Waals surface area contributed by atoms with Gasteiger partial charge in [0.1, 0.15) is 11.9 Å². The predicted molar refractivity (Wildman–Crippen MR) is 47.6 cm³/mol. The van der Waals surface area contributed by atoms with Crippen LogP contribution in [0, 0.1) is 24.1 Å². The Kier molecular flexibility index (Phi) is 2.72. The maximum absolute atomic E-state index is 12.9. The van der Waals surface area contributed by atoms with Crippen molar-refractivity contribution in [2.24, 2.45) is 0 Å². The highest BCUT2D eigenvalue weighted by molar-refractivity contribution is 7.98. The minimum absolute atomic E-state index is 0.116. The molecule has 1 rings (SSSR count). The van der Waals surface area contributed by atoms with Crippen molar-refractivity contribution < 1.29 is 4.39 Å². The van der Waals surface area contributed by atoms with E-state index >= 15 is 0 Å². The van der Waals surface area contributed by atoms with Gasteiger partial charge in [0.05, 0.1) is 5.56 Å². The average molecular weight is 181 g/mol. The summed E-state index contributed by atoms with van der Waals surface area (Å²) < 4.78 is 12.9.